The minimum atomic E-state index is 0.807. The summed E-state index contributed by atoms with van der Waals surface area (Å²) in [7, 11) is 2.09. The fourth-order valence-electron chi connectivity index (χ4n) is 0.618. The molecule has 0 aromatic heterocycles. The molecule has 0 atom stereocenters. The summed E-state index contributed by atoms with van der Waals surface area (Å²) >= 11 is 0. The lowest BCUT2D eigenvalue weighted by atomic mass is 9.71. The summed E-state index contributed by atoms with van der Waals surface area (Å²) in [6.45, 7) is 10.4. The van der Waals surface area contributed by atoms with Crippen LogP contribution in [0, 0.1) is 5.92 Å². The first-order valence-electron chi connectivity index (χ1n) is 3.64. The molecule has 9 heavy (non-hydrogen) atoms. The zero-order chi connectivity index (χ0) is 7.28. The van der Waals surface area contributed by atoms with Crippen LogP contribution in [0.1, 0.15) is 26.7 Å². The summed E-state index contributed by atoms with van der Waals surface area (Å²) in [5.74, 6) is 0.807. The normalized spacial score (nSPS) is 9.78. The number of rotatable bonds is 4. The van der Waals surface area contributed by atoms with E-state index in [1.54, 1.807) is 0 Å². The molecule has 51 valence electrons. The van der Waals surface area contributed by atoms with E-state index in [0.29, 0.717) is 0 Å². The van der Waals surface area contributed by atoms with Gasteiger partial charge in [0.05, 0.1) is 0 Å². The summed E-state index contributed by atoms with van der Waals surface area (Å²) < 4.78 is 0. The van der Waals surface area contributed by atoms with Crippen LogP contribution < -0.4 is 0 Å². The zero-order valence-electron chi connectivity index (χ0n) is 6.78. The van der Waals surface area contributed by atoms with E-state index in [1.165, 1.54) is 11.9 Å². The highest BCUT2D eigenvalue weighted by molar-refractivity contribution is 6.43. The van der Waals surface area contributed by atoms with Gasteiger partial charge < -0.3 is 0 Å². The Balaban J connectivity index is 3.17. The van der Waals surface area contributed by atoms with Crippen LogP contribution in [0.25, 0.3) is 0 Å². The summed E-state index contributed by atoms with van der Waals surface area (Å²) in [6, 6.07) is 0. The second kappa shape index (κ2) is 4.66. The fourth-order valence-corrected chi connectivity index (χ4v) is 0.618. The predicted molar refractivity (Wildman–Crippen MR) is 44.8 cm³/mol. The highest BCUT2D eigenvalue weighted by Gasteiger charge is 1.94. The van der Waals surface area contributed by atoms with Crippen LogP contribution in [-0.2, 0) is 0 Å². The van der Waals surface area contributed by atoms with E-state index in [0.717, 1.165) is 12.3 Å². The molecule has 0 unspecified atom stereocenters. The monoisotopic (exact) mass is 123 g/mol. The Kier molecular flexibility index (Phi) is 4.56. The van der Waals surface area contributed by atoms with Crippen LogP contribution in [0.3, 0.4) is 0 Å². The van der Waals surface area contributed by atoms with Gasteiger partial charge in [-0.2, -0.15) is 0 Å². The van der Waals surface area contributed by atoms with Gasteiger partial charge in [0, 0.05) is 0 Å². The minimum Gasteiger partial charge on any atom is -0.116 e. The molecule has 0 rings (SSSR count). The van der Waals surface area contributed by atoms with E-state index in [9.17, 15) is 0 Å². The lowest BCUT2D eigenvalue weighted by molar-refractivity contribution is 0.591. The molecule has 0 saturated carbocycles. The molecule has 1 radical (unpaired) electrons. The zero-order valence-corrected chi connectivity index (χ0v) is 6.78. The quantitative estimate of drug-likeness (QED) is 0.504. The Bertz CT molecular complexity index is 84.6. The van der Waals surface area contributed by atoms with Crippen LogP contribution in [-0.4, -0.2) is 7.28 Å². The van der Waals surface area contributed by atoms with Crippen molar-refractivity contribution in [2.45, 2.75) is 33.5 Å². The van der Waals surface area contributed by atoms with E-state index in [1.807, 2.05) is 6.82 Å². The molecule has 0 aromatic rings. The van der Waals surface area contributed by atoms with Gasteiger partial charge in [-0.1, -0.05) is 20.7 Å². The summed E-state index contributed by atoms with van der Waals surface area (Å²) in [6.07, 6.45) is 2.43. The number of allylic oxidation sites excluding steroid dienone is 1. The Morgan fingerprint density at radius 1 is 1.56 bits per heavy atom. The van der Waals surface area contributed by atoms with Crippen molar-refractivity contribution < 1.29 is 0 Å². The molecular weight excluding hydrogens is 107 g/mol. The van der Waals surface area contributed by atoms with Gasteiger partial charge in [0.2, 0.25) is 0 Å². The molecule has 0 aliphatic heterocycles. The Morgan fingerprint density at radius 3 is 2.44 bits per heavy atom. The third-order valence-corrected chi connectivity index (χ3v) is 1.45. The van der Waals surface area contributed by atoms with E-state index in [-0.39, 0.29) is 0 Å². The van der Waals surface area contributed by atoms with Crippen LogP contribution in [0.5, 0.6) is 0 Å². The molecule has 0 aliphatic carbocycles. The van der Waals surface area contributed by atoms with Gasteiger partial charge in [0.1, 0.15) is 7.28 Å². The van der Waals surface area contributed by atoms with E-state index in [2.05, 4.69) is 27.7 Å². The van der Waals surface area contributed by atoms with Crippen molar-refractivity contribution in [3.05, 3.63) is 12.1 Å². The molecule has 0 amide bonds. The van der Waals surface area contributed by atoms with Crippen LogP contribution >= 0.6 is 0 Å². The van der Waals surface area contributed by atoms with Gasteiger partial charge in [0.15, 0.2) is 0 Å². The third-order valence-electron chi connectivity index (χ3n) is 1.45. The SMILES string of the molecule is C=C([B]C)CCC(C)C. The van der Waals surface area contributed by atoms with Crippen LogP contribution in [0.4, 0.5) is 0 Å². The van der Waals surface area contributed by atoms with Gasteiger partial charge >= 0.3 is 0 Å². The Hall–Kier alpha value is -0.195. The average Bonchev–Trinajstić information content (AvgIpc) is 1.83. The highest BCUT2D eigenvalue weighted by Crippen LogP contribution is 2.08. The van der Waals surface area contributed by atoms with Gasteiger partial charge in [-0.25, -0.2) is 0 Å². The first kappa shape index (κ1) is 8.80. The van der Waals surface area contributed by atoms with E-state index < -0.39 is 0 Å². The predicted octanol–water partition coefficient (Wildman–Crippen LogP) is 2.69. The lowest BCUT2D eigenvalue weighted by Crippen LogP contribution is -1.92. The first-order chi connectivity index (χ1) is 4.16. The smallest absolute Gasteiger partial charge is 0.116 e. The molecular formula is C8H16B. The second-order valence-electron chi connectivity index (χ2n) is 2.88. The summed E-state index contributed by atoms with van der Waals surface area (Å²) in [5, 5.41) is 0. The minimum absolute atomic E-state index is 0.807. The first-order valence-corrected chi connectivity index (χ1v) is 3.64. The summed E-state index contributed by atoms with van der Waals surface area (Å²) in [4.78, 5) is 0. The third kappa shape index (κ3) is 5.68. The number of hydrogen-bond acceptors (Lipinski definition) is 0. The van der Waals surface area contributed by atoms with Crippen molar-refractivity contribution in [1.82, 2.24) is 0 Å². The van der Waals surface area contributed by atoms with Crippen molar-refractivity contribution in [1.29, 1.82) is 0 Å². The van der Waals surface area contributed by atoms with Gasteiger partial charge in [-0.3, -0.25) is 0 Å². The van der Waals surface area contributed by atoms with Gasteiger partial charge in [0.25, 0.3) is 0 Å². The molecule has 0 N–H and O–H groups in total. The molecule has 1 heteroatoms. The Labute approximate surface area is 59.6 Å². The average molecular weight is 123 g/mol. The van der Waals surface area contributed by atoms with Crippen molar-refractivity contribution in [2.75, 3.05) is 0 Å². The lowest BCUT2D eigenvalue weighted by Gasteiger charge is -2.03. The van der Waals surface area contributed by atoms with Crippen molar-refractivity contribution >= 4 is 7.28 Å². The second-order valence-corrected chi connectivity index (χ2v) is 2.88. The number of hydrogen-bond donors (Lipinski definition) is 0. The molecule has 0 nitrogen and oxygen atoms in total. The van der Waals surface area contributed by atoms with Crippen LogP contribution in [0.15, 0.2) is 12.1 Å². The van der Waals surface area contributed by atoms with Crippen molar-refractivity contribution in [3.8, 4) is 0 Å². The maximum atomic E-state index is 3.89. The van der Waals surface area contributed by atoms with Crippen molar-refractivity contribution in [3.63, 3.8) is 0 Å². The summed E-state index contributed by atoms with van der Waals surface area (Å²) in [5.41, 5.74) is 1.27. The van der Waals surface area contributed by atoms with Crippen LogP contribution in [0.2, 0.25) is 6.82 Å². The molecule has 0 bridgehead atoms. The molecule has 0 aromatic carbocycles. The largest absolute Gasteiger partial charge is 0.141 e. The van der Waals surface area contributed by atoms with Crippen molar-refractivity contribution in [2.24, 2.45) is 5.92 Å². The topological polar surface area (TPSA) is 0 Å². The molecule has 0 saturated heterocycles. The van der Waals surface area contributed by atoms with E-state index >= 15 is 0 Å². The van der Waals surface area contributed by atoms with E-state index in [4.69, 9.17) is 0 Å². The standard InChI is InChI=1S/C8H16B/c1-7(2)5-6-8(3)9-4/h7H,3,5-6H2,1-2,4H3. The fraction of sp³-hybridized carbons (Fsp3) is 0.750. The molecule has 0 spiro atoms. The maximum absolute atomic E-state index is 3.89. The molecule has 0 aliphatic rings. The maximum Gasteiger partial charge on any atom is 0.141 e. The highest BCUT2D eigenvalue weighted by atomic mass is 14.0. The van der Waals surface area contributed by atoms with Gasteiger partial charge in [-0.15, -0.1) is 12.1 Å². The molecule has 0 heterocycles. The molecule has 0 fully saturated rings. The van der Waals surface area contributed by atoms with Gasteiger partial charge in [-0.05, 0) is 18.8 Å². The Morgan fingerprint density at radius 2 is 2.11 bits per heavy atom.